The van der Waals surface area contributed by atoms with Gasteiger partial charge in [0, 0.05) is 23.2 Å². The molecule has 12 heteroatoms. The Morgan fingerprint density at radius 3 is 2.56 bits per heavy atom. The highest BCUT2D eigenvalue weighted by molar-refractivity contribution is 7.90. The van der Waals surface area contributed by atoms with Gasteiger partial charge < -0.3 is 10.1 Å². The standard InChI is InChI=1S/C31H31F2N5O4S/c1-4-42-27(39)15-26(31(3)11-5-6-12-31)36-29-25(33)13-20(16-34)28(37-29)24-18-38(30-23(24)14-21(32)17-35-30)43(40,41)22-9-7-19(2)8-10-22/h7-10,13-14,17-18,26H,4-6,11-12,15H2,1-3H3,(H,36,37)/t26-/m1/s1. The van der Waals surface area contributed by atoms with Gasteiger partial charge in [-0.1, -0.05) is 37.5 Å². The third kappa shape index (κ3) is 5.82. The molecule has 0 aliphatic heterocycles. The highest BCUT2D eigenvalue weighted by Gasteiger charge is 2.39. The van der Waals surface area contributed by atoms with E-state index >= 15 is 4.39 Å². The van der Waals surface area contributed by atoms with Gasteiger partial charge in [-0.15, -0.1) is 0 Å². The number of hydrogen-bond acceptors (Lipinski definition) is 8. The molecule has 3 aromatic heterocycles. The Bertz CT molecular complexity index is 1840. The molecule has 0 radical (unpaired) electrons. The molecule has 5 rings (SSSR count). The van der Waals surface area contributed by atoms with E-state index < -0.39 is 33.7 Å². The van der Waals surface area contributed by atoms with E-state index in [0.717, 1.165) is 53.5 Å². The van der Waals surface area contributed by atoms with Crippen LogP contribution < -0.4 is 5.32 Å². The quantitative estimate of drug-likeness (QED) is 0.226. The first-order valence-corrected chi connectivity index (χ1v) is 15.4. The van der Waals surface area contributed by atoms with E-state index in [1.54, 1.807) is 19.1 Å². The maximum absolute atomic E-state index is 15.5. The van der Waals surface area contributed by atoms with Gasteiger partial charge in [-0.05, 0) is 56.4 Å². The van der Waals surface area contributed by atoms with Crippen molar-refractivity contribution < 1.29 is 26.7 Å². The van der Waals surface area contributed by atoms with Crippen LogP contribution >= 0.6 is 0 Å². The van der Waals surface area contributed by atoms with Crippen molar-refractivity contribution in [3.8, 4) is 17.3 Å². The Hall–Kier alpha value is -4.37. The maximum atomic E-state index is 15.5. The van der Waals surface area contributed by atoms with E-state index in [1.807, 2.05) is 19.9 Å². The van der Waals surface area contributed by atoms with Gasteiger partial charge >= 0.3 is 5.97 Å². The molecule has 1 N–H and O–H groups in total. The number of nitriles is 1. The van der Waals surface area contributed by atoms with Crippen LogP contribution in [0.3, 0.4) is 0 Å². The Balaban J connectivity index is 1.66. The molecule has 1 atom stereocenters. The Morgan fingerprint density at radius 2 is 1.91 bits per heavy atom. The summed E-state index contributed by atoms with van der Waals surface area (Å²) in [6, 6.07) is 9.68. The summed E-state index contributed by atoms with van der Waals surface area (Å²) in [6.45, 7) is 5.76. The first-order valence-electron chi connectivity index (χ1n) is 14.0. The van der Waals surface area contributed by atoms with E-state index in [2.05, 4.69) is 15.3 Å². The molecule has 224 valence electrons. The summed E-state index contributed by atoms with van der Waals surface area (Å²) < 4.78 is 63.4. The van der Waals surface area contributed by atoms with Crippen LogP contribution in [0.2, 0.25) is 0 Å². The zero-order chi connectivity index (χ0) is 30.9. The molecule has 4 aromatic rings. The van der Waals surface area contributed by atoms with Crippen LogP contribution in [0.15, 0.2) is 53.7 Å². The summed E-state index contributed by atoms with van der Waals surface area (Å²) in [5.74, 6) is -2.21. The molecule has 3 heterocycles. The molecule has 0 saturated heterocycles. The van der Waals surface area contributed by atoms with Gasteiger partial charge in [0.2, 0.25) is 0 Å². The minimum Gasteiger partial charge on any atom is -0.466 e. The minimum atomic E-state index is -4.20. The SMILES string of the molecule is CCOC(=O)C[C@@H](Nc1nc(-c2cn(S(=O)(=O)c3ccc(C)cc3)c3ncc(F)cc23)c(C#N)cc1F)C1(C)CCCC1. The molecule has 0 spiro atoms. The average Bonchev–Trinajstić information content (AvgIpc) is 3.58. The number of esters is 1. The summed E-state index contributed by atoms with van der Waals surface area (Å²) in [4.78, 5) is 21.0. The topological polar surface area (TPSA) is 127 Å². The van der Waals surface area contributed by atoms with E-state index in [-0.39, 0.29) is 57.0 Å². The Labute approximate surface area is 248 Å². The summed E-state index contributed by atoms with van der Waals surface area (Å²) in [5.41, 5.74) is 0.256. The van der Waals surface area contributed by atoms with Crippen LogP contribution in [0.1, 0.15) is 57.1 Å². The number of rotatable bonds is 9. The summed E-state index contributed by atoms with van der Waals surface area (Å²) in [5, 5.41) is 13.1. The lowest BCUT2D eigenvalue weighted by Crippen LogP contribution is -2.39. The smallest absolute Gasteiger partial charge is 0.307 e. The van der Waals surface area contributed by atoms with E-state index in [0.29, 0.717) is 0 Å². The minimum absolute atomic E-state index is 0.0192. The second-order valence-corrected chi connectivity index (χ2v) is 12.9. The zero-order valence-corrected chi connectivity index (χ0v) is 24.8. The van der Waals surface area contributed by atoms with Gasteiger partial charge in [-0.3, -0.25) is 4.79 Å². The lowest BCUT2D eigenvalue weighted by Gasteiger charge is -2.34. The van der Waals surface area contributed by atoms with Crippen LogP contribution in [-0.4, -0.2) is 41.0 Å². The number of fused-ring (bicyclic) bond motifs is 1. The number of ether oxygens (including phenoxy) is 1. The molecule has 0 amide bonds. The highest BCUT2D eigenvalue weighted by atomic mass is 32.2. The van der Waals surface area contributed by atoms with Crippen molar-refractivity contribution in [1.82, 2.24) is 13.9 Å². The number of nitrogens with one attached hydrogen (secondary N) is 1. The molecule has 1 aliphatic carbocycles. The van der Waals surface area contributed by atoms with Crippen molar-refractivity contribution in [3.63, 3.8) is 0 Å². The average molecular weight is 608 g/mol. The fourth-order valence-electron chi connectivity index (χ4n) is 5.68. The van der Waals surface area contributed by atoms with Crippen molar-refractivity contribution in [2.45, 2.75) is 63.8 Å². The third-order valence-electron chi connectivity index (χ3n) is 8.08. The number of anilines is 1. The number of halogens is 2. The van der Waals surface area contributed by atoms with E-state index in [4.69, 9.17) is 4.74 Å². The molecule has 0 bridgehead atoms. The van der Waals surface area contributed by atoms with Gasteiger partial charge in [-0.25, -0.2) is 31.1 Å². The number of carbonyl (C=O) groups excluding carboxylic acids is 1. The second kappa shape index (κ2) is 11.7. The molecule has 0 unspecified atom stereocenters. The molecule has 1 aliphatic rings. The van der Waals surface area contributed by atoms with Gasteiger partial charge in [-0.2, -0.15) is 5.26 Å². The first-order chi connectivity index (χ1) is 20.5. The number of aromatic nitrogens is 3. The molecular weight excluding hydrogens is 576 g/mol. The van der Waals surface area contributed by atoms with Gasteiger partial charge in [0.25, 0.3) is 10.0 Å². The molecule has 43 heavy (non-hydrogen) atoms. The highest BCUT2D eigenvalue weighted by Crippen LogP contribution is 2.43. The summed E-state index contributed by atoms with van der Waals surface area (Å²) >= 11 is 0. The van der Waals surface area contributed by atoms with E-state index in [1.165, 1.54) is 18.3 Å². The van der Waals surface area contributed by atoms with Crippen LogP contribution in [0.5, 0.6) is 0 Å². The van der Waals surface area contributed by atoms with Crippen molar-refractivity contribution in [2.75, 3.05) is 11.9 Å². The number of hydrogen-bond donors (Lipinski definition) is 1. The number of aryl methyl sites for hydroxylation is 1. The molecule has 1 fully saturated rings. The van der Waals surface area contributed by atoms with Crippen LogP contribution in [0.4, 0.5) is 14.6 Å². The maximum Gasteiger partial charge on any atom is 0.307 e. The van der Waals surface area contributed by atoms with Crippen molar-refractivity contribution in [3.05, 3.63) is 71.6 Å². The van der Waals surface area contributed by atoms with Gasteiger partial charge in [0.05, 0.1) is 35.4 Å². The van der Waals surface area contributed by atoms with Crippen molar-refractivity contribution >= 4 is 32.8 Å². The number of benzene rings is 1. The second-order valence-electron chi connectivity index (χ2n) is 11.1. The molecule has 1 aromatic carbocycles. The molecule has 1 saturated carbocycles. The predicted octanol–water partition coefficient (Wildman–Crippen LogP) is 6.11. The van der Waals surface area contributed by atoms with E-state index in [9.17, 15) is 22.9 Å². The lowest BCUT2D eigenvalue weighted by atomic mass is 9.79. The van der Waals surface area contributed by atoms with Gasteiger partial charge in [0.15, 0.2) is 17.3 Å². The number of carbonyl (C=O) groups is 1. The fraction of sp³-hybridized carbons (Fsp3) is 0.355. The Kier molecular flexibility index (Phi) is 8.21. The molecule has 9 nitrogen and oxygen atoms in total. The first kappa shape index (κ1) is 30.1. The lowest BCUT2D eigenvalue weighted by molar-refractivity contribution is -0.144. The van der Waals surface area contributed by atoms with Crippen LogP contribution in [-0.2, 0) is 19.6 Å². The summed E-state index contributed by atoms with van der Waals surface area (Å²) in [7, 11) is -4.20. The number of pyridine rings is 2. The predicted molar refractivity (Wildman–Crippen MR) is 157 cm³/mol. The number of nitrogens with zero attached hydrogens (tertiary/aromatic N) is 4. The third-order valence-corrected chi connectivity index (χ3v) is 9.75. The fourth-order valence-corrected chi connectivity index (χ4v) is 7.01. The normalized spacial score (nSPS) is 15.3. The summed E-state index contributed by atoms with van der Waals surface area (Å²) in [6.07, 6.45) is 5.62. The van der Waals surface area contributed by atoms with Crippen molar-refractivity contribution in [1.29, 1.82) is 5.26 Å². The van der Waals surface area contributed by atoms with Crippen LogP contribution in [0.25, 0.3) is 22.3 Å². The van der Waals surface area contributed by atoms with Crippen molar-refractivity contribution in [2.24, 2.45) is 5.41 Å². The van der Waals surface area contributed by atoms with Gasteiger partial charge in [0.1, 0.15) is 11.9 Å². The monoisotopic (exact) mass is 607 g/mol. The Morgan fingerprint density at radius 1 is 1.21 bits per heavy atom. The largest absolute Gasteiger partial charge is 0.466 e. The zero-order valence-electron chi connectivity index (χ0n) is 24.0. The molecular formula is C31H31F2N5O4S. The van der Waals surface area contributed by atoms with Crippen LogP contribution in [0, 0.1) is 35.3 Å².